The van der Waals surface area contributed by atoms with Crippen molar-refractivity contribution in [2.75, 3.05) is 0 Å². The van der Waals surface area contributed by atoms with E-state index in [1.54, 1.807) is 0 Å². The molecule has 0 bridgehead atoms. The molecule has 0 fully saturated rings. The van der Waals surface area contributed by atoms with Gasteiger partial charge in [-0.25, -0.2) is 4.79 Å². The molecule has 2 aromatic carbocycles. The van der Waals surface area contributed by atoms with Crippen LogP contribution in [0.15, 0.2) is 54.7 Å². The summed E-state index contributed by atoms with van der Waals surface area (Å²) in [6, 6.07) is 10.2. The zero-order chi connectivity index (χ0) is 17.8. The molecule has 0 unspecified atom stereocenters. The lowest BCUT2D eigenvalue weighted by Gasteiger charge is -2.16. The van der Waals surface area contributed by atoms with Crippen molar-refractivity contribution in [2.24, 2.45) is 0 Å². The monoisotopic (exact) mass is 408 g/mol. The molecule has 1 aliphatic carbocycles. The minimum atomic E-state index is -0.189. The van der Waals surface area contributed by atoms with Gasteiger partial charge >= 0.3 is 5.63 Å². The van der Waals surface area contributed by atoms with E-state index in [2.05, 4.69) is 28.1 Å². The van der Waals surface area contributed by atoms with Crippen molar-refractivity contribution in [3.8, 4) is 11.1 Å². The molecule has 3 nitrogen and oxygen atoms in total. The first kappa shape index (κ1) is 15.9. The lowest BCUT2D eigenvalue weighted by atomic mass is 9.89. The fraction of sp³-hybridized carbons (Fsp3) is 0.227. The van der Waals surface area contributed by atoms with Crippen LogP contribution in [0.4, 0.5) is 0 Å². The predicted octanol–water partition coefficient (Wildman–Crippen LogP) is 6.16. The second-order valence-corrected chi connectivity index (χ2v) is 7.90. The first-order valence-electron chi connectivity index (χ1n) is 8.89. The molecule has 26 heavy (non-hydrogen) atoms. The van der Waals surface area contributed by atoms with Crippen molar-refractivity contribution in [3.05, 3.63) is 68.2 Å². The Morgan fingerprint density at radius 2 is 1.73 bits per heavy atom. The molecule has 0 aliphatic heterocycles. The second kappa shape index (κ2) is 5.85. The van der Waals surface area contributed by atoms with Gasteiger partial charge in [0.2, 0.25) is 0 Å². The van der Waals surface area contributed by atoms with Gasteiger partial charge in [0.05, 0.1) is 11.6 Å². The Labute approximate surface area is 158 Å². The molecule has 0 atom stereocenters. The van der Waals surface area contributed by atoms with Crippen LogP contribution in [0.3, 0.4) is 0 Å². The largest absolute Gasteiger partial charge is 0.463 e. The molecule has 0 spiro atoms. The van der Waals surface area contributed by atoms with Crippen LogP contribution in [0.5, 0.6) is 0 Å². The summed E-state index contributed by atoms with van der Waals surface area (Å²) in [5.41, 5.74) is 6.46. The van der Waals surface area contributed by atoms with Crippen molar-refractivity contribution in [2.45, 2.75) is 32.6 Å². The van der Waals surface area contributed by atoms with Crippen LogP contribution in [0.25, 0.3) is 33.1 Å². The average Bonchev–Trinajstić information content (AvgIpc) is 3.08. The summed E-state index contributed by atoms with van der Waals surface area (Å²) in [4.78, 5) is 12.4. The van der Waals surface area contributed by atoms with Gasteiger partial charge < -0.3 is 8.83 Å². The third kappa shape index (κ3) is 2.28. The van der Waals surface area contributed by atoms with Crippen LogP contribution in [-0.4, -0.2) is 0 Å². The molecule has 1 aliphatic rings. The number of hydrogen-bond acceptors (Lipinski definition) is 3. The maximum absolute atomic E-state index is 12.4. The lowest BCUT2D eigenvalue weighted by Crippen LogP contribution is -2.15. The lowest BCUT2D eigenvalue weighted by molar-refractivity contribution is 0.532. The molecule has 0 radical (unpaired) electrons. The van der Waals surface area contributed by atoms with E-state index >= 15 is 0 Å². The minimum absolute atomic E-state index is 0.189. The first-order valence-corrected chi connectivity index (χ1v) is 9.68. The van der Waals surface area contributed by atoms with Gasteiger partial charge in [0.1, 0.15) is 11.2 Å². The standard InChI is InChI=1S/C22H17BrO3/c1-12-10-18-20(15-4-2-3-5-16(15)22(24)26-18)21-19(12)17(11-25-21)13-6-8-14(23)9-7-13/h6-11H,2-5H2,1H3. The van der Waals surface area contributed by atoms with Gasteiger partial charge in [0.25, 0.3) is 0 Å². The molecule has 130 valence electrons. The highest BCUT2D eigenvalue weighted by Gasteiger charge is 2.23. The minimum Gasteiger partial charge on any atom is -0.463 e. The van der Waals surface area contributed by atoms with E-state index in [1.165, 1.54) is 0 Å². The quantitative estimate of drug-likeness (QED) is 0.354. The summed E-state index contributed by atoms with van der Waals surface area (Å²) in [5.74, 6) is 0. The second-order valence-electron chi connectivity index (χ2n) is 6.98. The summed E-state index contributed by atoms with van der Waals surface area (Å²) in [6.07, 6.45) is 5.66. The molecule has 2 aromatic heterocycles. The molecule has 4 aromatic rings. The van der Waals surface area contributed by atoms with Gasteiger partial charge in [-0.15, -0.1) is 0 Å². The number of benzene rings is 2. The van der Waals surface area contributed by atoms with Gasteiger partial charge in [-0.2, -0.15) is 0 Å². The Morgan fingerprint density at radius 1 is 1.00 bits per heavy atom. The van der Waals surface area contributed by atoms with Crippen molar-refractivity contribution in [1.82, 2.24) is 0 Å². The van der Waals surface area contributed by atoms with Crippen molar-refractivity contribution in [1.29, 1.82) is 0 Å². The van der Waals surface area contributed by atoms with E-state index in [0.29, 0.717) is 5.58 Å². The molecule has 0 amide bonds. The molecule has 4 heteroatoms. The Bertz CT molecular complexity index is 1210. The maximum Gasteiger partial charge on any atom is 0.339 e. The molecule has 0 saturated carbocycles. The highest BCUT2D eigenvalue weighted by molar-refractivity contribution is 9.10. The predicted molar refractivity (Wildman–Crippen MR) is 107 cm³/mol. The van der Waals surface area contributed by atoms with E-state index in [9.17, 15) is 4.79 Å². The summed E-state index contributed by atoms with van der Waals surface area (Å²) in [6.45, 7) is 2.04. The SMILES string of the molecule is Cc1cc2oc(=O)c3c(c2c2occ(-c4ccc(Br)cc4)c12)CCCC3. The zero-order valence-electron chi connectivity index (χ0n) is 14.4. The summed E-state index contributed by atoms with van der Waals surface area (Å²) >= 11 is 3.49. The smallest absolute Gasteiger partial charge is 0.339 e. The summed E-state index contributed by atoms with van der Waals surface area (Å²) in [7, 11) is 0. The average molecular weight is 409 g/mol. The Morgan fingerprint density at radius 3 is 2.50 bits per heavy atom. The van der Waals surface area contributed by atoms with Crippen molar-refractivity contribution in [3.63, 3.8) is 0 Å². The number of halogens is 1. The molecule has 5 rings (SSSR count). The van der Waals surface area contributed by atoms with Gasteiger partial charge in [0.15, 0.2) is 0 Å². The molecular weight excluding hydrogens is 392 g/mol. The molecule has 0 saturated heterocycles. The van der Waals surface area contributed by atoms with Crippen LogP contribution < -0.4 is 5.63 Å². The first-order chi connectivity index (χ1) is 12.6. The topological polar surface area (TPSA) is 43.4 Å². The fourth-order valence-electron chi connectivity index (χ4n) is 4.16. The van der Waals surface area contributed by atoms with E-state index in [4.69, 9.17) is 8.83 Å². The van der Waals surface area contributed by atoms with Crippen molar-refractivity contribution >= 4 is 37.9 Å². The zero-order valence-corrected chi connectivity index (χ0v) is 16.0. The highest BCUT2D eigenvalue weighted by Crippen LogP contribution is 2.40. The Kier molecular flexibility index (Phi) is 3.57. The fourth-order valence-corrected chi connectivity index (χ4v) is 4.43. The van der Waals surface area contributed by atoms with Gasteiger partial charge in [-0.3, -0.25) is 0 Å². The van der Waals surface area contributed by atoms with E-state index < -0.39 is 0 Å². The van der Waals surface area contributed by atoms with Crippen LogP contribution in [0, 0.1) is 6.92 Å². The molecule has 0 N–H and O–H groups in total. The number of hydrogen-bond donors (Lipinski definition) is 0. The molecule has 2 heterocycles. The number of fused-ring (bicyclic) bond motifs is 5. The normalized spacial score (nSPS) is 14.1. The van der Waals surface area contributed by atoms with Crippen LogP contribution in [-0.2, 0) is 12.8 Å². The van der Waals surface area contributed by atoms with E-state index in [1.807, 2.05) is 31.4 Å². The van der Waals surface area contributed by atoms with E-state index in [0.717, 1.165) is 74.3 Å². The number of furan rings is 1. The number of aryl methyl sites for hydroxylation is 2. The van der Waals surface area contributed by atoms with Crippen LogP contribution in [0.2, 0.25) is 0 Å². The number of rotatable bonds is 1. The van der Waals surface area contributed by atoms with Gasteiger partial charge in [-0.1, -0.05) is 28.1 Å². The summed E-state index contributed by atoms with van der Waals surface area (Å²) in [5, 5.41) is 2.07. The van der Waals surface area contributed by atoms with E-state index in [-0.39, 0.29) is 5.63 Å². The van der Waals surface area contributed by atoms with Gasteiger partial charge in [-0.05, 0) is 67.5 Å². The highest BCUT2D eigenvalue weighted by atomic mass is 79.9. The van der Waals surface area contributed by atoms with Gasteiger partial charge in [0, 0.05) is 21.0 Å². The third-order valence-corrected chi connectivity index (χ3v) is 5.91. The Hall–Kier alpha value is -2.33. The summed E-state index contributed by atoms with van der Waals surface area (Å²) < 4.78 is 12.8. The van der Waals surface area contributed by atoms with Crippen LogP contribution >= 0.6 is 15.9 Å². The van der Waals surface area contributed by atoms with Crippen molar-refractivity contribution < 1.29 is 8.83 Å². The van der Waals surface area contributed by atoms with Crippen LogP contribution in [0.1, 0.15) is 29.5 Å². The third-order valence-electron chi connectivity index (χ3n) is 5.38. The maximum atomic E-state index is 12.4. The Balaban J connectivity index is 1.89. The molecular formula is C22H17BrO3.